The molecule has 0 atom stereocenters. The summed E-state index contributed by atoms with van der Waals surface area (Å²) in [5.41, 5.74) is 2.68. The molecular weight excluding hydrogens is 274 g/mol. The van der Waals surface area contributed by atoms with Crippen LogP contribution >= 0.6 is 23.1 Å². The van der Waals surface area contributed by atoms with Gasteiger partial charge in [-0.05, 0) is 43.5 Å². The Morgan fingerprint density at radius 3 is 2.79 bits per heavy atom. The van der Waals surface area contributed by atoms with Crippen molar-refractivity contribution in [1.82, 2.24) is 10.2 Å². The van der Waals surface area contributed by atoms with E-state index in [4.69, 9.17) is 0 Å². The van der Waals surface area contributed by atoms with E-state index in [-0.39, 0.29) is 0 Å². The van der Waals surface area contributed by atoms with Crippen LogP contribution in [0.2, 0.25) is 0 Å². The fraction of sp³-hybridized carbons (Fsp3) is 0.429. The number of nitrogens with zero attached hydrogens (tertiary/aromatic N) is 2. The van der Waals surface area contributed by atoms with Gasteiger partial charge in [-0.2, -0.15) is 0 Å². The summed E-state index contributed by atoms with van der Waals surface area (Å²) in [7, 11) is 0. The van der Waals surface area contributed by atoms with Crippen molar-refractivity contribution in [2.75, 3.05) is 11.9 Å². The summed E-state index contributed by atoms with van der Waals surface area (Å²) in [4.78, 5) is 1.29. The Labute approximate surface area is 122 Å². The van der Waals surface area contributed by atoms with Gasteiger partial charge in [0, 0.05) is 11.4 Å². The topological polar surface area (TPSA) is 37.8 Å². The van der Waals surface area contributed by atoms with E-state index in [1.807, 2.05) is 11.8 Å². The van der Waals surface area contributed by atoms with Crippen molar-refractivity contribution in [2.45, 2.75) is 37.8 Å². The standard InChI is InChI=1S/C14H19N3S2/c1-4-7-15-14-17-16-13(19-14)9-18-12-6-5-10(2)11(3)8-12/h5-6,8H,4,7,9H2,1-3H3,(H,15,17). The van der Waals surface area contributed by atoms with Crippen molar-refractivity contribution >= 4 is 28.2 Å². The summed E-state index contributed by atoms with van der Waals surface area (Å²) in [5, 5.41) is 13.6. The molecule has 19 heavy (non-hydrogen) atoms. The monoisotopic (exact) mass is 293 g/mol. The van der Waals surface area contributed by atoms with Gasteiger partial charge in [-0.15, -0.1) is 22.0 Å². The number of hydrogen-bond acceptors (Lipinski definition) is 5. The van der Waals surface area contributed by atoms with Crippen LogP contribution in [0.4, 0.5) is 5.13 Å². The van der Waals surface area contributed by atoms with Crippen LogP contribution in [0.5, 0.6) is 0 Å². The zero-order valence-corrected chi connectivity index (χ0v) is 13.2. The van der Waals surface area contributed by atoms with E-state index < -0.39 is 0 Å². The molecule has 0 saturated heterocycles. The molecule has 1 aromatic carbocycles. The average Bonchev–Trinajstić information content (AvgIpc) is 2.86. The fourth-order valence-corrected chi connectivity index (χ4v) is 3.31. The summed E-state index contributed by atoms with van der Waals surface area (Å²) in [6, 6.07) is 6.58. The Kier molecular flexibility index (Phi) is 5.22. The minimum atomic E-state index is 0.883. The zero-order valence-electron chi connectivity index (χ0n) is 11.6. The molecule has 0 saturated carbocycles. The van der Waals surface area contributed by atoms with Crippen molar-refractivity contribution < 1.29 is 0 Å². The van der Waals surface area contributed by atoms with Gasteiger partial charge in [0.1, 0.15) is 5.01 Å². The molecule has 0 radical (unpaired) electrons. The van der Waals surface area contributed by atoms with E-state index >= 15 is 0 Å². The quantitative estimate of drug-likeness (QED) is 0.807. The van der Waals surface area contributed by atoms with Crippen LogP contribution in [0, 0.1) is 13.8 Å². The molecule has 0 aliphatic carbocycles. The highest BCUT2D eigenvalue weighted by Crippen LogP contribution is 2.27. The van der Waals surface area contributed by atoms with E-state index in [0.29, 0.717) is 0 Å². The van der Waals surface area contributed by atoms with Crippen molar-refractivity contribution in [3.05, 3.63) is 34.3 Å². The van der Waals surface area contributed by atoms with Crippen LogP contribution in [0.25, 0.3) is 0 Å². The van der Waals surface area contributed by atoms with E-state index in [9.17, 15) is 0 Å². The van der Waals surface area contributed by atoms with E-state index in [1.54, 1.807) is 11.3 Å². The molecule has 3 nitrogen and oxygen atoms in total. The second-order valence-corrected chi connectivity index (χ2v) is 6.57. The first kappa shape index (κ1) is 14.3. The highest BCUT2D eigenvalue weighted by Gasteiger charge is 2.05. The number of aromatic nitrogens is 2. The molecule has 2 rings (SSSR count). The highest BCUT2D eigenvalue weighted by molar-refractivity contribution is 7.98. The Bertz CT molecular complexity index is 537. The third kappa shape index (κ3) is 4.21. The summed E-state index contributed by atoms with van der Waals surface area (Å²) >= 11 is 3.46. The minimum Gasteiger partial charge on any atom is -0.360 e. The summed E-state index contributed by atoms with van der Waals surface area (Å²) in [6.45, 7) is 7.39. The summed E-state index contributed by atoms with van der Waals surface area (Å²) in [6.07, 6.45) is 1.10. The maximum atomic E-state index is 4.21. The molecule has 1 N–H and O–H groups in total. The Hall–Kier alpha value is -1.07. The van der Waals surface area contributed by atoms with Gasteiger partial charge >= 0.3 is 0 Å². The number of nitrogens with one attached hydrogen (secondary N) is 1. The van der Waals surface area contributed by atoms with Crippen molar-refractivity contribution in [3.8, 4) is 0 Å². The lowest BCUT2D eigenvalue weighted by Gasteiger charge is -2.03. The third-order valence-electron chi connectivity index (χ3n) is 2.83. The van der Waals surface area contributed by atoms with Gasteiger partial charge in [-0.1, -0.05) is 24.3 Å². The summed E-state index contributed by atoms with van der Waals surface area (Å²) in [5.74, 6) is 0.883. The van der Waals surface area contributed by atoms with Crippen LogP contribution in [-0.4, -0.2) is 16.7 Å². The van der Waals surface area contributed by atoms with Gasteiger partial charge in [-0.3, -0.25) is 0 Å². The van der Waals surface area contributed by atoms with Gasteiger partial charge < -0.3 is 5.32 Å². The lowest BCUT2D eigenvalue weighted by Crippen LogP contribution is -1.98. The first-order valence-corrected chi connectivity index (χ1v) is 8.25. The molecule has 1 aromatic heterocycles. The van der Waals surface area contributed by atoms with Gasteiger partial charge in [0.25, 0.3) is 0 Å². The van der Waals surface area contributed by atoms with E-state index in [0.717, 1.165) is 28.9 Å². The Morgan fingerprint density at radius 1 is 1.21 bits per heavy atom. The molecule has 0 spiro atoms. The summed E-state index contributed by atoms with van der Waals surface area (Å²) < 4.78 is 0. The van der Waals surface area contributed by atoms with Gasteiger partial charge in [0.2, 0.25) is 5.13 Å². The second kappa shape index (κ2) is 6.91. The first-order chi connectivity index (χ1) is 9.19. The zero-order chi connectivity index (χ0) is 13.7. The molecule has 5 heteroatoms. The van der Waals surface area contributed by atoms with Gasteiger partial charge in [0.15, 0.2) is 0 Å². The molecule has 0 aliphatic heterocycles. The van der Waals surface area contributed by atoms with Gasteiger partial charge in [-0.25, -0.2) is 0 Å². The minimum absolute atomic E-state index is 0.883. The van der Waals surface area contributed by atoms with Crippen molar-refractivity contribution in [2.24, 2.45) is 0 Å². The number of anilines is 1. The van der Waals surface area contributed by atoms with E-state index in [1.165, 1.54) is 16.0 Å². The number of rotatable bonds is 6. The molecule has 0 unspecified atom stereocenters. The first-order valence-electron chi connectivity index (χ1n) is 6.45. The molecule has 102 valence electrons. The second-order valence-electron chi connectivity index (χ2n) is 4.46. The molecule has 1 heterocycles. The van der Waals surface area contributed by atoms with Crippen molar-refractivity contribution in [3.63, 3.8) is 0 Å². The highest BCUT2D eigenvalue weighted by atomic mass is 32.2. The molecule has 2 aromatic rings. The molecule has 0 aliphatic rings. The van der Waals surface area contributed by atoms with E-state index in [2.05, 4.69) is 54.5 Å². The van der Waals surface area contributed by atoms with Crippen LogP contribution < -0.4 is 5.32 Å². The van der Waals surface area contributed by atoms with Crippen LogP contribution in [0.15, 0.2) is 23.1 Å². The predicted molar refractivity (Wildman–Crippen MR) is 84.2 cm³/mol. The lowest BCUT2D eigenvalue weighted by molar-refractivity contribution is 0.958. The van der Waals surface area contributed by atoms with Crippen LogP contribution in [0.1, 0.15) is 29.5 Å². The number of benzene rings is 1. The average molecular weight is 293 g/mol. The van der Waals surface area contributed by atoms with Gasteiger partial charge in [0.05, 0.1) is 5.75 Å². The van der Waals surface area contributed by atoms with Crippen molar-refractivity contribution in [1.29, 1.82) is 0 Å². The number of thioether (sulfide) groups is 1. The van der Waals surface area contributed by atoms with Crippen LogP contribution in [-0.2, 0) is 5.75 Å². The lowest BCUT2D eigenvalue weighted by atomic mass is 10.1. The molecule has 0 bridgehead atoms. The predicted octanol–water partition coefficient (Wildman–Crippen LogP) is 4.27. The maximum Gasteiger partial charge on any atom is 0.205 e. The maximum absolute atomic E-state index is 4.21. The molecular formula is C14H19N3S2. The molecule has 0 fully saturated rings. The third-order valence-corrected chi connectivity index (χ3v) is 4.90. The fourth-order valence-electron chi connectivity index (χ4n) is 1.56. The number of hydrogen-bond donors (Lipinski definition) is 1. The van der Waals surface area contributed by atoms with Crippen LogP contribution in [0.3, 0.4) is 0 Å². The largest absolute Gasteiger partial charge is 0.360 e. The Morgan fingerprint density at radius 2 is 2.05 bits per heavy atom. The molecule has 0 amide bonds. The SMILES string of the molecule is CCCNc1nnc(CSc2ccc(C)c(C)c2)s1. The normalized spacial score (nSPS) is 10.7. The Balaban J connectivity index is 1.91. The smallest absolute Gasteiger partial charge is 0.205 e. The number of aryl methyl sites for hydroxylation is 2.